The zero-order valence-corrected chi connectivity index (χ0v) is 14.6. The molecule has 4 heteroatoms. The summed E-state index contributed by atoms with van der Waals surface area (Å²) in [6.45, 7) is 13.7. The molecule has 2 unspecified atom stereocenters. The Morgan fingerprint density at radius 3 is 2.43 bits per heavy atom. The number of rotatable bonds is 7. The van der Waals surface area contributed by atoms with Gasteiger partial charge in [0.05, 0.1) is 5.54 Å². The average Bonchev–Trinajstić information content (AvgIpc) is 2.40. The lowest BCUT2D eigenvalue weighted by molar-refractivity contribution is -0.126. The first-order valence-corrected chi connectivity index (χ1v) is 8.59. The highest BCUT2D eigenvalue weighted by molar-refractivity contribution is 5.85. The average molecular weight is 297 g/mol. The third-order valence-electron chi connectivity index (χ3n) is 4.82. The van der Waals surface area contributed by atoms with Crippen LogP contribution in [0.5, 0.6) is 0 Å². The summed E-state index contributed by atoms with van der Waals surface area (Å²) in [7, 11) is 0. The van der Waals surface area contributed by atoms with Gasteiger partial charge in [0.25, 0.3) is 0 Å². The molecule has 0 bridgehead atoms. The maximum absolute atomic E-state index is 12.3. The van der Waals surface area contributed by atoms with Crippen molar-refractivity contribution in [3.05, 3.63) is 0 Å². The van der Waals surface area contributed by atoms with Crippen LogP contribution in [-0.2, 0) is 4.79 Å². The van der Waals surface area contributed by atoms with E-state index in [0.717, 1.165) is 31.8 Å². The van der Waals surface area contributed by atoms with Gasteiger partial charge in [0, 0.05) is 12.6 Å². The van der Waals surface area contributed by atoms with Crippen molar-refractivity contribution in [1.29, 1.82) is 0 Å². The van der Waals surface area contributed by atoms with Crippen molar-refractivity contribution in [3.8, 4) is 0 Å². The second-order valence-corrected chi connectivity index (χ2v) is 7.41. The Hall–Kier alpha value is -0.610. The SMILES string of the molecule is CCCC(C)(N)C(=O)NCC(C(C)C)N1CCC(C)CC1. The predicted molar refractivity (Wildman–Crippen MR) is 89.1 cm³/mol. The summed E-state index contributed by atoms with van der Waals surface area (Å²) in [6, 6.07) is 0.416. The molecule has 3 N–H and O–H groups in total. The number of carbonyl (C=O) groups is 1. The van der Waals surface area contributed by atoms with E-state index < -0.39 is 5.54 Å². The molecule has 1 aliphatic rings. The Labute approximate surface area is 130 Å². The fourth-order valence-electron chi connectivity index (χ4n) is 3.18. The van der Waals surface area contributed by atoms with Crippen LogP contribution in [0.3, 0.4) is 0 Å². The molecule has 0 aromatic heterocycles. The standard InChI is InChI=1S/C17H35N3O/c1-6-9-17(5,18)16(21)19-12-15(13(2)3)20-10-7-14(4)8-11-20/h13-15H,6-12,18H2,1-5H3,(H,19,21). The fourth-order valence-corrected chi connectivity index (χ4v) is 3.18. The monoisotopic (exact) mass is 297 g/mol. The van der Waals surface area contributed by atoms with Gasteiger partial charge in [-0.3, -0.25) is 9.69 Å². The third-order valence-corrected chi connectivity index (χ3v) is 4.82. The van der Waals surface area contributed by atoms with E-state index >= 15 is 0 Å². The second kappa shape index (κ2) is 8.14. The number of hydrogen-bond donors (Lipinski definition) is 2. The molecule has 21 heavy (non-hydrogen) atoms. The van der Waals surface area contributed by atoms with E-state index in [1.54, 1.807) is 0 Å². The number of amides is 1. The van der Waals surface area contributed by atoms with Crippen molar-refractivity contribution in [1.82, 2.24) is 10.2 Å². The molecule has 1 amide bonds. The highest BCUT2D eigenvalue weighted by Gasteiger charge is 2.30. The van der Waals surface area contributed by atoms with Crippen LogP contribution in [0.15, 0.2) is 0 Å². The predicted octanol–water partition coefficient (Wildman–Crippen LogP) is 2.38. The number of nitrogens with one attached hydrogen (secondary N) is 1. The molecular weight excluding hydrogens is 262 g/mol. The van der Waals surface area contributed by atoms with Crippen LogP contribution >= 0.6 is 0 Å². The van der Waals surface area contributed by atoms with E-state index in [0.29, 0.717) is 18.5 Å². The van der Waals surface area contributed by atoms with Gasteiger partial charge in [-0.15, -0.1) is 0 Å². The number of carbonyl (C=O) groups excluding carboxylic acids is 1. The van der Waals surface area contributed by atoms with Crippen LogP contribution in [0.2, 0.25) is 0 Å². The van der Waals surface area contributed by atoms with Gasteiger partial charge in [0.2, 0.25) is 5.91 Å². The lowest BCUT2D eigenvalue weighted by Gasteiger charge is -2.39. The van der Waals surface area contributed by atoms with Crippen molar-refractivity contribution >= 4 is 5.91 Å². The van der Waals surface area contributed by atoms with Gasteiger partial charge < -0.3 is 11.1 Å². The van der Waals surface area contributed by atoms with Crippen molar-refractivity contribution in [3.63, 3.8) is 0 Å². The van der Waals surface area contributed by atoms with Crippen molar-refractivity contribution in [2.45, 2.75) is 71.9 Å². The molecule has 2 atom stereocenters. The zero-order chi connectivity index (χ0) is 16.0. The van der Waals surface area contributed by atoms with Crippen LogP contribution in [0.4, 0.5) is 0 Å². The van der Waals surface area contributed by atoms with Crippen LogP contribution in [0.25, 0.3) is 0 Å². The minimum absolute atomic E-state index is 0.0135. The van der Waals surface area contributed by atoms with Crippen LogP contribution in [-0.4, -0.2) is 42.0 Å². The summed E-state index contributed by atoms with van der Waals surface area (Å²) in [5.41, 5.74) is 5.36. The first-order chi connectivity index (χ1) is 9.77. The first kappa shape index (κ1) is 18.4. The molecule has 0 radical (unpaired) electrons. The van der Waals surface area contributed by atoms with Crippen molar-refractivity contribution in [2.75, 3.05) is 19.6 Å². The van der Waals surface area contributed by atoms with Crippen molar-refractivity contribution in [2.24, 2.45) is 17.6 Å². The Bertz CT molecular complexity index is 320. The number of piperidine rings is 1. The largest absolute Gasteiger partial charge is 0.353 e. The molecule has 0 spiro atoms. The molecule has 0 saturated carbocycles. The fraction of sp³-hybridized carbons (Fsp3) is 0.941. The molecule has 1 saturated heterocycles. The topological polar surface area (TPSA) is 58.4 Å². The van der Waals surface area contributed by atoms with Gasteiger partial charge in [-0.05, 0) is 51.1 Å². The Balaban J connectivity index is 2.53. The highest BCUT2D eigenvalue weighted by Crippen LogP contribution is 2.21. The summed E-state index contributed by atoms with van der Waals surface area (Å²) < 4.78 is 0. The van der Waals surface area contributed by atoms with E-state index in [-0.39, 0.29) is 5.91 Å². The van der Waals surface area contributed by atoms with E-state index in [1.165, 1.54) is 12.8 Å². The molecule has 0 aromatic rings. The number of nitrogens with zero attached hydrogens (tertiary/aromatic N) is 1. The van der Waals surface area contributed by atoms with E-state index in [4.69, 9.17) is 5.73 Å². The molecular formula is C17H35N3O. The van der Waals surface area contributed by atoms with Gasteiger partial charge in [-0.25, -0.2) is 0 Å². The van der Waals surface area contributed by atoms with Crippen LogP contribution in [0.1, 0.15) is 60.3 Å². The summed E-state index contributed by atoms with van der Waals surface area (Å²) in [6.07, 6.45) is 4.19. The summed E-state index contributed by atoms with van der Waals surface area (Å²) >= 11 is 0. The summed E-state index contributed by atoms with van der Waals surface area (Å²) in [4.78, 5) is 14.8. The minimum atomic E-state index is -0.743. The second-order valence-electron chi connectivity index (χ2n) is 7.41. The molecule has 0 aromatic carbocycles. The summed E-state index contributed by atoms with van der Waals surface area (Å²) in [5.74, 6) is 1.36. The molecule has 0 aliphatic carbocycles. The van der Waals surface area contributed by atoms with Gasteiger partial charge in [-0.2, -0.15) is 0 Å². The Kier molecular flexibility index (Phi) is 7.14. The van der Waals surface area contributed by atoms with E-state index in [9.17, 15) is 4.79 Å². The normalized spacial score (nSPS) is 22.0. The lowest BCUT2D eigenvalue weighted by Crippen LogP contribution is -2.56. The molecule has 1 fully saturated rings. The smallest absolute Gasteiger partial charge is 0.239 e. The third kappa shape index (κ3) is 5.59. The Morgan fingerprint density at radius 2 is 1.95 bits per heavy atom. The number of nitrogens with two attached hydrogens (primary N) is 1. The first-order valence-electron chi connectivity index (χ1n) is 8.59. The summed E-state index contributed by atoms with van der Waals surface area (Å²) in [5, 5.41) is 3.09. The van der Waals surface area contributed by atoms with Crippen LogP contribution < -0.4 is 11.1 Å². The van der Waals surface area contributed by atoms with Gasteiger partial charge in [-0.1, -0.05) is 34.1 Å². The van der Waals surface area contributed by atoms with Crippen molar-refractivity contribution < 1.29 is 4.79 Å². The lowest BCUT2D eigenvalue weighted by atomic mass is 9.93. The maximum Gasteiger partial charge on any atom is 0.239 e. The van der Waals surface area contributed by atoms with Gasteiger partial charge in [0.1, 0.15) is 0 Å². The van der Waals surface area contributed by atoms with E-state index in [2.05, 4.69) is 37.9 Å². The molecule has 1 heterocycles. The molecule has 1 rings (SSSR count). The van der Waals surface area contributed by atoms with E-state index in [1.807, 2.05) is 6.92 Å². The molecule has 124 valence electrons. The zero-order valence-electron chi connectivity index (χ0n) is 14.6. The number of hydrogen-bond acceptors (Lipinski definition) is 3. The van der Waals surface area contributed by atoms with Crippen LogP contribution in [0, 0.1) is 11.8 Å². The van der Waals surface area contributed by atoms with Gasteiger partial charge >= 0.3 is 0 Å². The quantitative estimate of drug-likeness (QED) is 0.758. The maximum atomic E-state index is 12.3. The number of likely N-dealkylation sites (tertiary alicyclic amines) is 1. The molecule has 4 nitrogen and oxygen atoms in total. The molecule has 1 aliphatic heterocycles. The highest BCUT2D eigenvalue weighted by atomic mass is 16.2. The van der Waals surface area contributed by atoms with Gasteiger partial charge in [0.15, 0.2) is 0 Å². The Morgan fingerprint density at radius 1 is 1.38 bits per heavy atom. The minimum Gasteiger partial charge on any atom is -0.353 e.